The molecule has 0 aromatic rings. The van der Waals surface area contributed by atoms with E-state index in [1.54, 1.807) is 6.92 Å². The van der Waals surface area contributed by atoms with Crippen LogP contribution in [0.3, 0.4) is 0 Å². The molecule has 0 aliphatic carbocycles. The summed E-state index contributed by atoms with van der Waals surface area (Å²) in [6, 6.07) is 0. The zero-order chi connectivity index (χ0) is 11.1. The van der Waals surface area contributed by atoms with E-state index in [4.69, 9.17) is 4.74 Å². The molecule has 0 radical (unpaired) electrons. The largest absolute Gasteiger partial charge is 0.387 e. The lowest BCUT2D eigenvalue weighted by Crippen LogP contribution is -2.47. The number of aliphatic hydroxyl groups is 2. The summed E-state index contributed by atoms with van der Waals surface area (Å²) in [6.07, 6.45) is -1.31. The normalized spacial score (nSPS) is 43.9. The SMILES string of the molecule is CC(C)[C@H]1O[C@@H](C(C)C)[C@](C)(O)[C@@H]1O. The Labute approximate surface area is 86.1 Å². The first-order valence-corrected chi connectivity index (χ1v) is 5.34. The minimum atomic E-state index is -1.12. The first kappa shape index (κ1) is 12.0. The Bertz CT molecular complexity index is 199. The lowest BCUT2D eigenvalue weighted by Gasteiger charge is -2.29. The molecule has 3 heteroatoms. The van der Waals surface area contributed by atoms with Crippen molar-refractivity contribution >= 4 is 0 Å². The highest BCUT2D eigenvalue weighted by Crippen LogP contribution is 2.37. The van der Waals surface area contributed by atoms with Crippen LogP contribution in [0.1, 0.15) is 34.6 Å². The van der Waals surface area contributed by atoms with Crippen LogP contribution in [0.25, 0.3) is 0 Å². The van der Waals surface area contributed by atoms with E-state index in [-0.39, 0.29) is 24.0 Å². The van der Waals surface area contributed by atoms with Gasteiger partial charge < -0.3 is 14.9 Å². The van der Waals surface area contributed by atoms with Crippen molar-refractivity contribution < 1.29 is 14.9 Å². The van der Waals surface area contributed by atoms with Crippen molar-refractivity contribution in [3.63, 3.8) is 0 Å². The van der Waals surface area contributed by atoms with Gasteiger partial charge in [-0.15, -0.1) is 0 Å². The molecule has 84 valence electrons. The quantitative estimate of drug-likeness (QED) is 0.707. The molecule has 3 nitrogen and oxygen atoms in total. The van der Waals surface area contributed by atoms with Gasteiger partial charge in [-0.25, -0.2) is 0 Å². The molecule has 4 atom stereocenters. The van der Waals surface area contributed by atoms with Crippen LogP contribution in [-0.4, -0.2) is 34.1 Å². The Balaban J connectivity index is 2.85. The molecule has 14 heavy (non-hydrogen) atoms. The summed E-state index contributed by atoms with van der Waals surface area (Å²) >= 11 is 0. The van der Waals surface area contributed by atoms with Crippen LogP contribution < -0.4 is 0 Å². The highest BCUT2D eigenvalue weighted by atomic mass is 16.5. The highest BCUT2D eigenvalue weighted by Gasteiger charge is 2.53. The molecular formula is C11H22O3. The minimum absolute atomic E-state index is 0.211. The fraction of sp³-hybridized carbons (Fsp3) is 1.00. The Morgan fingerprint density at radius 2 is 1.64 bits per heavy atom. The van der Waals surface area contributed by atoms with Gasteiger partial charge in [-0.1, -0.05) is 27.7 Å². The van der Waals surface area contributed by atoms with Crippen molar-refractivity contribution in [3.8, 4) is 0 Å². The topological polar surface area (TPSA) is 49.7 Å². The molecule has 0 bridgehead atoms. The maximum absolute atomic E-state index is 10.1. The molecule has 0 amide bonds. The second-order valence-electron chi connectivity index (χ2n) is 5.18. The first-order chi connectivity index (χ1) is 6.28. The average molecular weight is 202 g/mol. The Kier molecular flexibility index (Phi) is 3.24. The third-order valence-electron chi connectivity index (χ3n) is 3.05. The van der Waals surface area contributed by atoms with E-state index >= 15 is 0 Å². The van der Waals surface area contributed by atoms with Gasteiger partial charge in [-0.2, -0.15) is 0 Å². The molecule has 1 aliphatic rings. The van der Waals surface area contributed by atoms with E-state index in [0.717, 1.165) is 0 Å². The predicted molar refractivity (Wildman–Crippen MR) is 55.0 cm³/mol. The van der Waals surface area contributed by atoms with Gasteiger partial charge in [0.2, 0.25) is 0 Å². The second kappa shape index (κ2) is 3.80. The molecule has 0 spiro atoms. The second-order valence-corrected chi connectivity index (χ2v) is 5.18. The third kappa shape index (κ3) is 1.81. The highest BCUT2D eigenvalue weighted by molar-refractivity contribution is 5.02. The molecule has 2 N–H and O–H groups in total. The number of hydrogen-bond donors (Lipinski definition) is 2. The van der Waals surface area contributed by atoms with E-state index < -0.39 is 11.7 Å². The van der Waals surface area contributed by atoms with Crippen LogP contribution in [0.4, 0.5) is 0 Å². The van der Waals surface area contributed by atoms with Crippen LogP contribution in [0.15, 0.2) is 0 Å². The van der Waals surface area contributed by atoms with Gasteiger partial charge >= 0.3 is 0 Å². The zero-order valence-electron chi connectivity index (χ0n) is 9.69. The third-order valence-corrected chi connectivity index (χ3v) is 3.05. The van der Waals surface area contributed by atoms with Crippen molar-refractivity contribution in [2.45, 2.75) is 58.5 Å². The van der Waals surface area contributed by atoms with E-state index in [9.17, 15) is 10.2 Å². The molecule has 1 rings (SSSR count). The number of hydrogen-bond acceptors (Lipinski definition) is 3. The fourth-order valence-electron chi connectivity index (χ4n) is 2.24. The Morgan fingerprint density at radius 1 is 1.14 bits per heavy atom. The van der Waals surface area contributed by atoms with Crippen molar-refractivity contribution in [1.82, 2.24) is 0 Å². The molecule has 0 aromatic carbocycles. The van der Waals surface area contributed by atoms with E-state index in [1.165, 1.54) is 0 Å². The molecule has 0 unspecified atom stereocenters. The Morgan fingerprint density at radius 3 is 1.86 bits per heavy atom. The van der Waals surface area contributed by atoms with Gasteiger partial charge in [0, 0.05) is 0 Å². The molecule has 1 heterocycles. The minimum Gasteiger partial charge on any atom is -0.387 e. The molecule has 1 aliphatic heterocycles. The summed E-state index contributed by atoms with van der Waals surface area (Å²) in [5.74, 6) is 0.434. The van der Waals surface area contributed by atoms with E-state index in [1.807, 2.05) is 27.7 Å². The van der Waals surface area contributed by atoms with Gasteiger partial charge in [-0.05, 0) is 18.8 Å². The monoisotopic (exact) mass is 202 g/mol. The standard InChI is InChI=1S/C11H22O3/c1-6(2)8-9(12)11(5,13)10(14-8)7(3)4/h6-10,12-13H,1-5H3/t8-,9-,10+,11-/m1/s1. The van der Waals surface area contributed by atoms with E-state index in [0.29, 0.717) is 0 Å². The Hall–Kier alpha value is -0.120. The summed E-state index contributed by atoms with van der Waals surface area (Å²) in [7, 11) is 0. The van der Waals surface area contributed by atoms with Gasteiger partial charge in [-0.3, -0.25) is 0 Å². The van der Waals surface area contributed by atoms with Crippen molar-refractivity contribution in [2.75, 3.05) is 0 Å². The number of rotatable bonds is 2. The van der Waals surface area contributed by atoms with Crippen molar-refractivity contribution in [3.05, 3.63) is 0 Å². The smallest absolute Gasteiger partial charge is 0.117 e. The average Bonchev–Trinajstić information content (AvgIpc) is 2.24. The molecular weight excluding hydrogens is 180 g/mol. The summed E-state index contributed by atoms with van der Waals surface area (Å²) in [5.41, 5.74) is -1.12. The summed E-state index contributed by atoms with van der Waals surface area (Å²) in [5, 5.41) is 20.1. The van der Waals surface area contributed by atoms with Crippen LogP contribution >= 0.6 is 0 Å². The maximum atomic E-state index is 10.1. The lowest BCUT2D eigenvalue weighted by atomic mass is 9.85. The van der Waals surface area contributed by atoms with Crippen LogP contribution in [0, 0.1) is 11.8 Å². The van der Waals surface area contributed by atoms with Gasteiger partial charge in [0.05, 0.1) is 12.2 Å². The zero-order valence-corrected chi connectivity index (χ0v) is 9.69. The number of aliphatic hydroxyl groups excluding tert-OH is 1. The van der Waals surface area contributed by atoms with Crippen molar-refractivity contribution in [2.24, 2.45) is 11.8 Å². The van der Waals surface area contributed by atoms with Gasteiger partial charge in [0.15, 0.2) is 0 Å². The van der Waals surface area contributed by atoms with Gasteiger partial charge in [0.1, 0.15) is 11.7 Å². The molecule has 1 fully saturated rings. The van der Waals surface area contributed by atoms with E-state index in [2.05, 4.69) is 0 Å². The first-order valence-electron chi connectivity index (χ1n) is 5.34. The van der Waals surface area contributed by atoms with Crippen LogP contribution in [0.2, 0.25) is 0 Å². The summed E-state index contributed by atoms with van der Waals surface area (Å²) in [4.78, 5) is 0. The summed E-state index contributed by atoms with van der Waals surface area (Å²) in [6.45, 7) is 9.63. The number of ether oxygens (including phenoxy) is 1. The summed E-state index contributed by atoms with van der Waals surface area (Å²) < 4.78 is 5.71. The molecule has 0 saturated carbocycles. The van der Waals surface area contributed by atoms with Gasteiger partial charge in [0.25, 0.3) is 0 Å². The molecule has 0 aromatic heterocycles. The molecule has 1 saturated heterocycles. The van der Waals surface area contributed by atoms with Crippen LogP contribution in [-0.2, 0) is 4.74 Å². The fourth-order valence-corrected chi connectivity index (χ4v) is 2.24. The van der Waals surface area contributed by atoms with Crippen molar-refractivity contribution in [1.29, 1.82) is 0 Å². The maximum Gasteiger partial charge on any atom is 0.117 e. The van der Waals surface area contributed by atoms with Crippen LogP contribution in [0.5, 0.6) is 0 Å². The predicted octanol–water partition coefficient (Wildman–Crippen LogP) is 1.18. The lowest BCUT2D eigenvalue weighted by molar-refractivity contribution is -0.0791.